The van der Waals surface area contributed by atoms with Crippen molar-refractivity contribution in [1.29, 1.82) is 0 Å². The molecule has 2 aromatic heterocycles. The van der Waals surface area contributed by atoms with E-state index in [0.29, 0.717) is 0 Å². The molecule has 0 unspecified atom stereocenters. The first-order valence-corrected chi connectivity index (χ1v) is 6.96. The summed E-state index contributed by atoms with van der Waals surface area (Å²) >= 11 is 0. The van der Waals surface area contributed by atoms with Crippen molar-refractivity contribution in [2.75, 3.05) is 7.05 Å². The molecule has 0 radical (unpaired) electrons. The van der Waals surface area contributed by atoms with Gasteiger partial charge in [0.2, 0.25) is 0 Å². The Labute approximate surface area is 119 Å². The van der Waals surface area contributed by atoms with Crippen LogP contribution in [0.4, 0.5) is 0 Å². The maximum atomic E-state index is 4.21. The molecule has 1 N–H and O–H groups in total. The van der Waals surface area contributed by atoms with Crippen LogP contribution in [0.3, 0.4) is 0 Å². The van der Waals surface area contributed by atoms with Crippen molar-refractivity contribution in [3.63, 3.8) is 0 Å². The Morgan fingerprint density at radius 1 is 1.20 bits per heavy atom. The molecule has 0 saturated heterocycles. The fraction of sp³-hybridized carbons (Fsp3) is 0.312. The second-order valence-corrected chi connectivity index (χ2v) is 5.20. The molecule has 3 aromatic rings. The van der Waals surface area contributed by atoms with Gasteiger partial charge in [-0.2, -0.15) is 5.10 Å². The van der Waals surface area contributed by atoms with E-state index >= 15 is 0 Å². The number of aromatic nitrogens is 3. The highest BCUT2D eigenvalue weighted by Gasteiger charge is 2.03. The van der Waals surface area contributed by atoms with Crippen molar-refractivity contribution in [3.8, 4) is 0 Å². The lowest BCUT2D eigenvalue weighted by Gasteiger charge is -2.05. The average Bonchev–Trinajstić information content (AvgIpc) is 3.03. The first kappa shape index (κ1) is 12.9. The Morgan fingerprint density at radius 2 is 2.10 bits per heavy atom. The standard InChI is InChI=1S/C16H20N4/c1-17-10-13-3-4-16-15(9-13)6-8-20(16)7-5-14-11-18-19(2)12-14/h3-4,6,8-9,11-12,17H,5,7,10H2,1-2H3. The van der Waals surface area contributed by atoms with Crippen LogP contribution >= 0.6 is 0 Å². The maximum Gasteiger partial charge on any atom is 0.0522 e. The van der Waals surface area contributed by atoms with E-state index in [1.54, 1.807) is 0 Å². The smallest absolute Gasteiger partial charge is 0.0522 e. The number of hydrogen-bond acceptors (Lipinski definition) is 2. The van der Waals surface area contributed by atoms with Crippen molar-refractivity contribution < 1.29 is 0 Å². The summed E-state index contributed by atoms with van der Waals surface area (Å²) in [6.45, 7) is 1.90. The van der Waals surface area contributed by atoms with Gasteiger partial charge in [0.05, 0.1) is 6.20 Å². The van der Waals surface area contributed by atoms with Gasteiger partial charge in [0.25, 0.3) is 0 Å². The molecule has 0 aliphatic carbocycles. The lowest BCUT2D eigenvalue weighted by atomic mass is 10.1. The topological polar surface area (TPSA) is 34.8 Å². The lowest BCUT2D eigenvalue weighted by Crippen LogP contribution is -2.04. The van der Waals surface area contributed by atoms with E-state index in [0.717, 1.165) is 19.5 Å². The number of benzene rings is 1. The number of nitrogens with one attached hydrogen (secondary N) is 1. The second kappa shape index (κ2) is 5.51. The molecule has 0 saturated carbocycles. The van der Waals surface area contributed by atoms with Crippen LogP contribution in [0.25, 0.3) is 10.9 Å². The van der Waals surface area contributed by atoms with Gasteiger partial charge in [-0.15, -0.1) is 0 Å². The maximum absolute atomic E-state index is 4.21. The molecule has 20 heavy (non-hydrogen) atoms. The monoisotopic (exact) mass is 268 g/mol. The summed E-state index contributed by atoms with van der Waals surface area (Å²) in [7, 11) is 3.93. The number of nitrogens with zero attached hydrogens (tertiary/aromatic N) is 3. The third kappa shape index (κ3) is 2.60. The normalized spacial score (nSPS) is 11.3. The Kier molecular flexibility index (Phi) is 3.56. The van der Waals surface area contributed by atoms with E-state index in [-0.39, 0.29) is 0 Å². The molecule has 0 aliphatic rings. The summed E-state index contributed by atoms with van der Waals surface area (Å²) in [6.07, 6.45) is 7.20. The largest absolute Gasteiger partial charge is 0.347 e. The van der Waals surface area contributed by atoms with E-state index in [9.17, 15) is 0 Å². The summed E-state index contributed by atoms with van der Waals surface area (Å²) in [5.41, 5.74) is 3.90. The fourth-order valence-electron chi connectivity index (χ4n) is 2.61. The summed E-state index contributed by atoms with van der Waals surface area (Å²) in [4.78, 5) is 0. The number of fused-ring (bicyclic) bond motifs is 1. The minimum absolute atomic E-state index is 0.913. The van der Waals surface area contributed by atoms with Crippen LogP contribution in [0.5, 0.6) is 0 Å². The molecular formula is C16H20N4. The minimum Gasteiger partial charge on any atom is -0.347 e. The Morgan fingerprint density at radius 3 is 2.85 bits per heavy atom. The van der Waals surface area contributed by atoms with E-state index < -0.39 is 0 Å². The van der Waals surface area contributed by atoms with Gasteiger partial charge in [0.1, 0.15) is 0 Å². The summed E-state index contributed by atoms with van der Waals surface area (Å²) in [5.74, 6) is 0. The molecular weight excluding hydrogens is 248 g/mol. The van der Waals surface area contributed by atoms with Gasteiger partial charge in [0, 0.05) is 38.0 Å². The second-order valence-electron chi connectivity index (χ2n) is 5.20. The molecule has 4 heteroatoms. The first-order valence-electron chi connectivity index (χ1n) is 6.96. The molecule has 1 aromatic carbocycles. The Balaban J connectivity index is 1.78. The molecule has 0 spiro atoms. The molecule has 0 atom stereocenters. The van der Waals surface area contributed by atoms with Gasteiger partial charge in [-0.3, -0.25) is 4.68 Å². The number of aryl methyl sites for hydroxylation is 3. The lowest BCUT2D eigenvalue weighted by molar-refractivity contribution is 0.720. The van der Waals surface area contributed by atoms with Gasteiger partial charge in [0.15, 0.2) is 0 Å². The Hall–Kier alpha value is -2.07. The molecule has 0 fully saturated rings. The van der Waals surface area contributed by atoms with Crippen molar-refractivity contribution in [3.05, 3.63) is 54.0 Å². The van der Waals surface area contributed by atoms with Gasteiger partial charge in [-0.1, -0.05) is 6.07 Å². The molecule has 2 heterocycles. The van der Waals surface area contributed by atoms with E-state index in [1.807, 2.05) is 25.0 Å². The van der Waals surface area contributed by atoms with E-state index in [1.165, 1.54) is 22.0 Å². The SMILES string of the molecule is CNCc1ccc2c(ccn2CCc2cnn(C)c2)c1. The molecule has 104 valence electrons. The van der Waals surface area contributed by atoms with Crippen molar-refractivity contribution >= 4 is 10.9 Å². The van der Waals surface area contributed by atoms with Crippen LogP contribution in [0, 0.1) is 0 Å². The predicted molar refractivity (Wildman–Crippen MR) is 81.6 cm³/mol. The molecule has 4 nitrogen and oxygen atoms in total. The summed E-state index contributed by atoms with van der Waals surface area (Å²) < 4.78 is 4.17. The van der Waals surface area contributed by atoms with Crippen molar-refractivity contribution in [2.24, 2.45) is 7.05 Å². The minimum atomic E-state index is 0.913. The van der Waals surface area contributed by atoms with Crippen LogP contribution < -0.4 is 5.32 Å². The molecule has 0 amide bonds. The van der Waals surface area contributed by atoms with E-state index in [4.69, 9.17) is 0 Å². The molecule has 0 aliphatic heterocycles. The van der Waals surface area contributed by atoms with Gasteiger partial charge < -0.3 is 9.88 Å². The zero-order valence-corrected chi connectivity index (χ0v) is 12.0. The van der Waals surface area contributed by atoms with Crippen LogP contribution in [-0.2, 0) is 26.6 Å². The van der Waals surface area contributed by atoms with Gasteiger partial charge in [-0.25, -0.2) is 0 Å². The van der Waals surface area contributed by atoms with Gasteiger partial charge in [-0.05, 0) is 48.2 Å². The molecule has 0 bridgehead atoms. The van der Waals surface area contributed by atoms with Crippen LogP contribution in [0.2, 0.25) is 0 Å². The highest BCUT2D eigenvalue weighted by molar-refractivity contribution is 5.80. The number of hydrogen-bond donors (Lipinski definition) is 1. The highest BCUT2D eigenvalue weighted by Crippen LogP contribution is 2.18. The fourth-order valence-corrected chi connectivity index (χ4v) is 2.61. The summed E-state index contributed by atoms with van der Waals surface area (Å²) in [6, 6.07) is 8.86. The van der Waals surface area contributed by atoms with Crippen molar-refractivity contribution in [1.82, 2.24) is 19.7 Å². The van der Waals surface area contributed by atoms with E-state index in [2.05, 4.69) is 51.6 Å². The summed E-state index contributed by atoms with van der Waals surface area (Å²) in [5, 5.41) is 8.71. The van der Waals surface area contributed by atoms with Crippen LogP contribution in [-0.4, -0.2) is 21.4 Å². The Bertz CT molecular complexity index is 708. The zero-order chi connectivity index (χ0) is 13.9. The first-order chi connectivity index (χ1) is 9.76. The van der Waals surface area contributed by atoms with Crippen LogP contribution in [0.15, 0.2) is 42.9 Å². The van der Waals surface area contributed by atoms with Gasteiger partial charge >= 0.3 is 0 Å². The number of rotatable bonds is 5. The highest BCUT2D eigenvalue weighted by atomic mass is 15.2. The van der Waals surface area contributed by atoms with Crippen LogP contribution in [0.1, 0.15) is 11.1 Å². The zero-order valence-electron chi connectivity index (χ0n) is 12.0. The quantitative estimate of drug-likeness (QED) is 0.771. The average molecular weight is 268 g/mol. The predicted octanol–water partition coefficient (Wildman–Crippen LogP) is 2.34. The van der Waals surface area contributed by atoms with Crippen molar-refractivity contribution in [2.45, 2.75) is 19.5 Å². The molecule has 3 rings (SSSR count). The third-order valence-electron chi connectivity index (χ3n) is 3.62. The third-order valence-corrected chi connectivity index (χ3v) is 3.62.